The second kappa shape index (κ2) is 8.58. The molecule has 0 aliphatic heterocycles. The Morgan fingerprint density at radius 1 is 1.04 bits per heavy atom. The van der Waals surface area contributed by atoms with Crippen molar-refractivity contribution < 1.29 is 25.5 Å². The minimum atomic E-state index is -1.79. The summed E-state index contributed by atoms with van der Waals surface area (Å²) in [5.74, 6) is 0. The molecule has 4 atom stereocenters. The molecule has 0 bridgehead atoms. The molecule has 4 unspecified atom stereocenters. The molecular weight excluding hydrogens is 368 g/mol. The van der Waals surface area contributed by atoms with Gasteiger partial charge in [0.1, 0.15) is 24.0 Å². The van der Waals surface area contributed by atoms with E-state index in [4.69, 9.17) is 16.7 Å². The molecule has 9 nitrogen and oxygen atoms in total. The first-order valence-corrected chi connectivity index (χ1v) is 8.06. The molecule has 0 saturated heterocycles. The number of rotatable bonds is 7. The number of benzene rings is 1. The molecule has 0 spiro atoms. The van der Waals surface area contributed by atoms with Crippen molar-refractivity contribution in [2.24, 2.45) is 0 Å². The minimum Gasteiger partial charge on any atom is -0.394 e. The van der Waals surface area contributed by atoms with Crippen LogP contribution < -0.4 is 16.3 Å². The van der Waals surface area contributed by atoms with E-state index in [1.807, 2.05) is 0 Å². The zero-order valence-corrected chi connectivity index (χ0v) is 14.2. The lowest BCUT2D eigenvalue weighted by Gasteiger charge is -2.25. The second-order valence-corrected chi connectivity index (χ2v) is 6.18. The van der Waals surface area contributed by atoms with Gasteiger partial charge in [-0.25, -0.2) is 0 Å². The maximum Gasteiger partial charge on any atom is 0.271 e. The number of fused-ring (bicyclic) bond motifs is 1. The first-order chi connectivity index (χ1) is 12.2. The van der Waals surface area contributed by atoms with E-state index in [0.29, 0.717) is 5.02 Å². The highest BCUT2D eigenvalue weighted by molar-refractivity contribution is 6.31. The average Bonchev–Trinajstić information content (AvgIpc) is 2.73. The molecule has 0 aliphatic rings. The number of hydrogen-bond acceptors (Lipinski definition) is 8. The van der Waals surface area contributed by atoms with Gasteiger partial charge in [-0.15, -0.1) is 0 Å². The summed E-state index contributed by atoms with van der Waals surface area (Å²) in [6.45, 7) is -1.21. The molecule has 0 fully saturated rings. The summed E-state index contributed by atoms with van der Waals surface area (Å²) >= 11 is 5.85. The Hall–Kier alpha value is -2.01. The normalized spacial score (nSPS) is 16.1. The summed E-state index contributed by atoms with van der Waals surface area (Å²) in [6, 6.07) is 5.43. The number of anilines is 1. The molecule has 0 saturated carbocycles. The van der Waals surface area contributed by atoms with Crippen LogP contribution in [0.25, 0.3) is 10.9 Å². The minimum absolute atomic E-state index is 0.161. The van der Waals surface area contributed by atoms with Crippen LogP contribution in [0.5, 0.6) is 0 Å². The highest BCUT2D eigenvalue weighted by Gasteiger charge is 2.29. The van der Waals surface area contributed by atoms with E-state index in [9.17, 15) is 30.0 Å². The first kappa shape index (κ1) is 20.3. The Morgan fingerprint density at radius 3 is 2.35 bits per heavy atom. The predicted molar refractivity (Wildman–Crippen MR) is 95.5 cm³/mol. The van der Waals surface area contributed by atoms with Gasteiger partial charge >= 0.3 is 0 Å². The Morgan fingerprint density at radius 2 is 1.69 bits per heavy atom. The Labute approximate surface area is 152 Å². The molecule has 0 radical (unpaired) electrons. The molecule has 2 rings (SSSR count). The van der Waals surface area contributed by atoms with Crippen LogP contribution in [0.4, 0.5) is 5.69 Å². The fourth-order valence-corrected chi connectivity index (χ4v) is 2.50. The molecule has 1 aromatic heterocycles. The average molecular weight is 387 g/mol. The highest BCUT2D eigenvalue weighted by atomic mass is 35.5. The Bertz CT molecular complexity index is 888. The van der Waals surface area contributed by atoms with Crippen LogP contribution in [0.15, 0.2) is 33.9 Å². The second-order valence-electron chi connectivity index (χ2n) is 5.75. The number of aliphatic hydroxyl groups excluding tert-OH is 5. The molecule has 0 amide bonds. The van der Waals surface area contributed by atoms with Gasteiger partial charge in [0.25, 0.3) is 5.56 Å². The molecule has 142 valence electrons. The maximum atomic E-state index is 12.2. The number of aromatic nitrogens is 1. The van der Waals surface area contributed by atoms with Crippen LogP contribution in [-0.2, 0) is 0 Å². The lowest BCUT2D eigenvalue weighted by atomic mass is 10.0. The summed E-state index contributed by atoms with van der Waals surface area (Å²) in [6.07, 6.45) is -6.80. The number of H-pyrrole nitrogens is 1. The molecule has 10 heteroatoms. The number of aliphatic hydroxyl groups is 5. The van der Waals surface area contributed by atoms with Gasteiger partial charge in [0.2, 0.25) is 0 Å². The van der Waals surface area contributed by atoms with Gasteiger partial charge in [0.15, 0.2) is 5.43 Å². The number of hydrogen-bond donors (Lipinski definition) is 7. The standard InChI is InChI=1S/C16H19ClN2O7/c17-7-1-2-8-9(3-7)19-16(26)10(4-11(8)21)18-5-12(22)14(24)15(25)13(23)6-20/h1-4,12-15,18,20,22-25H,5-6H2,(H,19,26). The van der Waals surface area contributed by atoms with Crippen molar-refractivity contribution in [1.82, 2.24) is 4.98 Å². The number of halogens is 1. The maximum absolute atomic E-state index is 12.2. The molecule has 1 aromatic carbocycles. The van der Waals surface area contributed by atoms with Gasteiger partial charge in [0, 0.05) is 23.0 Å². The summed E-state index contributed by atoms with van der Waals surface area (Å²) < 4.78 is 0. The Balaban J connectivity index is 2.24. The van der Waals surface area contributed by atoms with Gasteiger partial charge in [-0.05, 0) is 18.2 Å². The Kier molecular flexibility index (Phi) is 6.70. The lowest BCUT2D eigenvalue weighted by molar-refractivity contribution is -0.111. The molecule has 2 aromatic rings. The zero-order valence-electron chi connectivity index (χ0n) is 13.5. The monoisotopic (exact) mass is 386 g/mol. The summed E-state index contributed by atoms with van der Waals surface area (Å²) in [7, 11) is 0. The third kappa shape index (κ3) is 4.58. The lowest BCUT2D eigenvalue weighted by Crippen LogP contribution is -2.48. The van der Waals surface area contributed by atoms with E-state index >= 15 is 0 Å². The van der Waals surface area contributed by atoms with Gasteiger partial charge in [0.05, 0.1) is 18.2 Å². The highest BCUT2D eigenvalue weighted by Crippen LogP contribution is 2.14. The van der Waals surface area contributed by atoms with Crippen molar-refractivity contribution in [1.29, 1.82) is 0 Å². The van der Waals surface area contributed by atoms with Crippen LogP contribution in [0.3, 0.4) is 0 Å². The molecule has 1 heterocycles. The predicted octanol–water partition coefficient (Wildman–Crippen LogP) is -1.61. The van der Waals surface area contributed by atoms with Crippen molar-refractivity contribution in [3.8, 4) is 0 Å². The van der Waals surface area contributed by atoms with E-state index in [0.717, 1.165) is 6.07 Å². The van der Waals surface area contributed by atoms with E-state index in [1.165, 1.54) is 18.2 Å². The summed E-state index contributed by atoms with van der Waals surface area (Å²) in [5.41, 5.74) is -1.05. The first-order valence-electron chi connectivity index (χ1n) is 7.68. The quantitative estimate of drug-likeness (QED) is 0.299. The third-order valence-corrected chi connectivity index (χ3v) is 4.08. The van der Waals surface area contributed by atoms with Crippen LogP contribution in [-0.4, -0.2) is 68.1 Å². The zero-order chi connectivity index (χ0) is 19.4. The fourth-order valence-electron chi connectivity index (χ4n) is 2.33. The topological polar surface area (TPSA) is 163 Å². The fraction of sp³-hybridized carbons (Fsp3) is 0.375. The van der Waals surface area contributed by atoms with Crippen molar-refractivity contribution in [2.75, 3.05) is 18.5 Å². The smallest absolute Gasteiger partial charge is 0.271 e. The van der Waals surface area contributed by atoms with Crippen molar-refractivity contribution in [3.05, 3.63) is 49.9 Å². The van der Waals surface area contributed by atoms with E-state index in [1.54, 1.807) is 0 Å². The van der Waals surface area contributed by atoms with Crippen molar-refractivity contribution in [3.63, 3.8) is 0 Å². The van der Waals surface area contributed by atoms with Gasteiger partial charge in [-0.3, -0.25) is 9.59 Å². The van der Waals surface area contributed by atoms with E-state index < -0.39 is 48.6 Å². The van der Waals surface area contributed by atoms with Crippen LogP contribution in [0.2, 0.25) is 5.02 Å². The van der Waals surface area contributed by atoms with Crippen LogP contribution in [0, 0.1) is 0 Å². The van der Waals surface area contributed by atoms with Crippen molar-refractivity contribution >= 4 is 28.2 Å². The summed E-state index contributed by atoms with van der Waals surface area (Å²) in [5, 5.41) is 50.3. The molecular formula is C16H19ClN2O7. The van der Waals surface area contributed by atoms with Crippen LogP contribution in [0.1, 0.15) is 0 Å². The molecule has 7 N–H and O–H groups in total. The van der Waals surface area contributed by atoms with E-state index in [2.05, 4.69) is 10.3 Å². The molecule has 0 aliphatic carbocycles. The van der Waals surface area contributed by atoms with Crippen molar-refractivity contribution in [2.45, 2.75) is 24.4 Å². The number of aromatic amines is 1. The SMILES string of the molecule is O=c1[nH]c2cc(Cl)ccc2c(=O)cc1NCC(O)C(O)C(O)C(O)CO. The van der Waals surface area contributed by atoms with Gasteiger partial charge in [-0.2, -0.15) is 0 Å². The largest absolute Gasteiger partial charge is 0.394 e. The third-order valence-electron chi connectivity index (χ3n) is 3.84. The van der Waals surface area contributed by atoms with Gasteiger partial charge in [-0.1, -0.05) is 11.6 Å². The van der Waals surface area contributed by atoms with E-state index in [-0.39, 0.29) is 16.6 Å². The summed E-state index contributed by atoms with van der Waals surface area (Å²) in [4.78, 5) is 26.9. The van der Waals surface area contributed by atoms with Gasteiger partial charge < -0.3 is 35.8 Å². The van der Waals surface area contributed by atoms with Crippen LogP contribution >= 0.6 is 11.6 Å². The molecule has 26 heavy (non-hydrogen) atoms. The number of nitrogens with one attached hydrogen (secondary N) is 2.